The number of hydrogen-bond donors (Lipinski definition) is 2. The van der Waals surface area contributed by atoms with Crippen molar-refractivity contribution in [2.24, 2.45) is 0 Å². The lowest BCUT2D eigenvalue weighted by Crippen LogP contribution is -2.49. The van der Waals surface area contributed by atoms with Crippen LogP contribution in [0.5, 0.6) is 5.88 Å². The number of sulfone groups is 1. The Bertz CT molecular complexity index is 899. The maximum Gasteiger partial charge on any atom is 0.210 e. The molecule has 2 unspecified atom stereocenters. The molecule has 5 nitrogen and oxygen atoms in total. The van der Waals surface area contributed by atoms with Gasteiger partial charge in [-0.25, -0.2) is 17.8 Å². The fourth-order valence-electron chi connectivity index (χ4n) is 4.07. The van der Waals surface area contributed by atoms with E-state index in [0.29, 0.717) is 37.1 Å². The van der Waals surface area contributed by atoms with Crippen molar-refractivity contribution in [1.29, 1.82) is 0 Å². The predicted molar refractivity (Wildman–Crippen MR) is 85.9 cm³/mol. The van der Waals surface area contributed by atoms with E-state index in [1.807, 2.05) is 0 Å². The Labute approximate surface area is 139 Å². The summed E-state index contributed by atoms with van der Waals surface area (Å²) in [4.78, 5) is 4.25. The van der Waals surface area contributed by atoms with Crippen LogP contribution in [0, 0.1) is 5.82 Å². The summed E-state index contributed by atoms with van der Waals surface area (Å²) in [5.41, 5.74) is 1.27. The molecule has 2 atom stereocenters. The summed E-state index contributed by atoms with van der Waals surface area (Å²) >= 11 is 0. The van der Waals surface area contributed by atoms with Gasteiger partial charge in [-0.3, -0.25) is 0 Å². The van der Waals surface area contributed by atoms with Crippen molar-refractivity contribution in [3.05, 3.63) is 53.5 Å². The van der Waals surface area contributed by atoms with Gasteiger partial charge in [0.05, 0.1) is 4.90 Å². The summed E-state index contributed by atoms with van der Waals surface area (Å²) in [6.45, 7) is 0.589. The molecule has 24 heavy (non-hydrogen) atoms. The number of aromatic nitrogens is 1. The van der Waals surface area contributed by atoms with Crippen LogP contribution >= 0.6 is 0 Å². The van der Waals surface area contributed by atoms with Crippen LogP contribution in [-0.4, -0.2) is 31.1 Å². The van der Waals surface area contributed by atoms with Gasteiger partial charge >= 0.3 is 0 Å². The van der Waals surface area contributed by atoms with Crippen molar-refractivity contribution in [1.82, 2.24) is 10.3 Å². The molecule has 126 valence electrons. The minimum absolute atomic E-state index is 0.104. The molecule has 1 fully saturated rings. The molecule has 1 aliphatic heterocycles. The summed E-state index contributed by atoms with van der Waals surface area (Å²) < 4.78 is 39.1. The topological polar surface area (TPSA) is 79.3 Å². The van der Waals surface area contributed by atoms with Gasteiger partial charge in [-0.1, -0.05) is 6.07 Å². The van der Waals surface area contributed by atoms with Crippen molar-refractivity contribution < 1.29 is 17.9 Å². The van der Waals surface area contributed by atoms with Crippen LogP contribution in [0.15, 0.2) is 41.3 Å². The maximum absolute atomic E-state index is 13.5. The number of pyridine rings is 1. The zero-order valence-electron chi connectivity index (χ0n) is 12.9. The number of rotatable bonds is 2. The third kappa shape index (κ3) is 2.01. The number of halogens is 1. The van der Waals surface area contributed by atoms with Crippen molar-refractivity contribution in [2.75, 3.05) is 6.54 Å². The number of nitrogens with zero attached hydrogens (tertiary/aromatic N) is 1. The molecule has 0 radical (unpaired) electrons. The molecule has 0 spiro atoms. The van der Waals surface area contributed by atoms with Crippen molar-refractivity contribution in [3.63, 3.8) is 0 Å². The van der Waals surface area contributed by atoms with Gasteiger partial charge in [0, 0.05) is 17.8 Å². The predicted octanol–water partition coefficient (Wildman–Crippen LogP) is 1.90. The molecule has 1 aliphatic carbocycles. The molecule has 1 saturated heterocycles. The summed E-state index contributed by atoms with van der Waals surface area (Å²) in [6, 6.07) is 7.85. The molecule has 0 saturated carbocycles. The van der Waals surface area contributed by atoms with Gasteiger partial charge in [-0.05, 0) is 55.6 Å². The van der Waals surface area contributed by atoms with Crippen LogP contribution in [-0.2, 0) is 21.0 Å². The van der Waals surface area contributed by atoms with E-state index in [1.165, 1.54) is 30.3 Å². The molecule has 0 amide bonds. The third-order valence-electron chi connectivity index (χ3n) is 5.14. The fraction of sp³-hybridized carbons (Fsp3) is 0.353. The van der Waals surface area contributed by atoms with Crippen LogP contribution in [0.2, 0.25) is 0 Å². The molecule has 2 N–H and O–H groups in total. The highest BCUT2D eigenvalue weighted by atomic mass is 32.2. The van der Waals surface area contributed by atoms with E-state index in [9.17, 15) is 17.9 Å². The van der Waals surface area contributed by atoms with Crippen LogP contribution < -0.4 is 5.32 Å². The standard InChI is InChI=1S/C17H17FN2O3S/c18-11-1-3-12(4-2-11)24(22,23)17-9-10-19-15(17)7-6-14-13(17)5-8-16(21)20-14/h1-5,8,15,19H,6-7,9-10H2,(H,20,21). The van der Waals surface area contributed by atoms with E-state index in [1.54, 1.807) is 6.07 Å². The largest absolute Gasteiger partial charge is 0.493 e. The Hall–Kier alpha value is -1.99. The number of aryl methyl sites for hydroxylation is 1. The molecule has 4 rings (SSSR count). The van der Waals surface area contributed by atoms with Gasteiger partial charge in [0.25, 0.3) is 0 Å². The molecule has 1 aromatic carbocycles. The second kappa shape index (κ2) is 5.26. The number of aromatic hydroxyl groups is 1. The smallest absolute Gasteiger partial charge is 0.210 e. The van der Waals surface area contributed by atoms with Gasteiger partial charge in [-0.2, -0.15) is 0 Å². The van der Waals surface area contributed by atoms with Crippen molar-refractivity contribution in [2.45, 2.75) is 34.9 Å². The van der Waals surface area contributed by atoms with E-state index < -0.39 is 20.4 Å². The first-order valence-corrected chi connectivity index (χ1v) is 9.36. The zero-order chi connectivity index (χ0) is 16.9. The van der Waals surface area contributed by atoms with Crippen molar-refractivity contribution >= 4 is 9.84 Å². The lowest BCUT2D eigenvalue weighted by molar-refractivity contribution is 0.401. The monoisotopic (exact) mass is 348 g/mol. The van der Waals surface area contributed by atoms with E-state index in [0.717, 1.165) is 0 Å². The number of fused-ring (bicyclic) bond motifs is 3. The number of benzene rings is 1. The Kier molecular flexibility index (Phi) is 3.40. The molecule has 1 aromatic heterocycles. The van der Waals surface area contributed by atoms with E-state index in [2.05, 4.69) is 10.3 Å². The second-order valence-corrected chi connectivity index (χ2v) is 8.51. The highest BCUT2D eigenvalue weighted by Crippen LogP contribution is 2.49. The quantitative estimate of drug-likeness (QED) is 0.811. The Morgan fingerprint density at radius 3 is 2.71 bits per heavy atom. The minimum Gasteiger partial charge on any atom is -0.493 e. The highest BCUT2D eigenvalue weighted by molar-refractivity contribution is 7.92. The van der Waals surface area contributed by atoms with E-state index >= 15 is 0 Å². The average molecular weight is 348 g/mol. The van der Waals surface area contributed by atoms with Gasteiger partial charge < -0.3 is 10.4 Å². The summed E-state index contributed by atoms with van der Waals surface area (Å²) in [5.74, 6) is -0.573. The van der Waals surface area contributed by atoms with Crippen LogP contribution in [0.3, 0.4) is 0 Å². The fourth-order valence-corrected chi connectivity index (χ4v) is 6.40. The normalized spacial score (nSPS) is 26.0. The summed E-state index contributed by atoms with van der Waals surface area (Å²) in [7, 11) is -3.75. The zero-order valence-corrected chi connectivity index (χ0v) is 13.7. The second-order valence-electron chi connectivity index (χ2n) is 6.31. The highest BCUT2D eigenvalue weighted by Gasteiger charge is 2.57. The third-order valence-corrected chi connectivity index (χ3v) is 7.70. The van der Waals surface area contributed by atoms with Gasteiger partial charge in [0.2, 0.25) is 5.88 Å². The van der Waals surface area contributed by atoms with Crippen LogP contribution in [0.25, 0.3) is 0 Å². The molecule has 2 heterocycles. The average Bonchev–Trinajstić information content (AvgIpc) is 3.00. The minimum atomic E-state index is -3.75. The first kappa shape index (κ1) is 15.5. The van der Waals surface area contributed by atoms with Gasteiger partial charge in [-0.15, -0.1) is 0 Å². The molecular weight excluding hydrogens is 331 g/mol. The summed E-state index contributed by atoms with van der Waals surface area (Å²) in [5, 5.41) is 12.9. The first-order chi connectivity index (χ1) is 11.4. The first-order valence-electron chi connectivity index (χ1n) is 7.88. The number of nitrogens with one attached hydrogen (secondary N) is 1. The van der Waals surface area contributed by atoms with Gasteiger partial charge in [0.1, 0.15) is 10.6 Å². The number of hydrogen-bond acceptors (Lipinski definition) is 5. The molecular formula is C17H17FN2O3S. The lowest BCUT2D eigenvalue weighted by Gasteiger charge is -2.39. The SMILES string of the molecule is O=S(=O)(c1ccc(F)cc1)C12CCNC1CCc1nc(O)ccc12. The van der Waals surface area contributed by atoms with E-state index in [4.69, 9.17) is 0 Å². The molecule has 7 heteroatoms. The maximum atomic E-state index is 13.5. The Morgan fingerprint density at radius 1 is 1.21 bits per heavy atom. The molecule has 2 aliphatic rings. The van der Waals surface area contributed by atoms with Crippen molar-refractivity contribution in [3.8, 4) is 5.88 Å². The van der Waals surface area contributed by atoms with E-state index in [-0.39, 0.29) is 16.8 Å². The Morgan fingerprint density at radius 2 is 1.96 bits per heavy atom. The molecule has 2 aromatic rings. The Balaban J connectivity index is 1.96. The molecule has 0 bridgehead atoms. The summed E-state index contributed by atoms with van der Waals surface area (Å²) in [6.07, 6.45) is 1.67. The van der Waals surface area contributed by atoms with Gasteiger partial charge in [0.15, 0.2) is 9.84 Å². The van der Waals surface area contributed by atoms with Crippen LogP contribution in [0.4, 0.5) is 4.39 Å². The van der Waals surface area contributed by atoms with Crippen LogP contribution in [0.1, 0.15) is 24.1 Å². The lowest BCUT2D eigenvalue weighted by atomic mass is 9.81.